The van der Waals surface area contributed by atoms with Crippen LogP contribution in [-0.4, -0.2) is 39.7 Å². The molecule has 31 heavy (non-hydrogen) atoms. The minimum atomic E-state index is -3.68. The summed E-state index contributed by atoms with van der Waals surface area (Å²) in [6.07, 6.45) is 1.58. The Labute approximate surface area is 181 Å². The van der Waals surface area contributed by atoms with Gasteiger partial charge in [-0.1, -0.05) is 42.5 Å². The Balaban J connectivity index is 1.86. The van der Waals surface area contributed by atoms with Gasteiger partial charge in [-0.15, -0.1) is 0 Å². The Morgan fingerprint density at radius 3 is 2.48 bits per heavy atom. The van der Waals surface area contributed by atoms with Gasteiger partial charge in [-0.2, -0.15) is 0 Å². The minimum Gasteiger partial charge on any atom is -0.392 e. The van der Waals surface area contributed by atoms with Crippen molar-refractivity contribution in [3.05, 3.63) is 59.8 Å². The van der Waals surface area contributed by atoms with Gasteiger partial charge in [0.05, 0.1) is 6.61 Å². The van der Waals surface area contributed by atoms with Crippen LogP contribution in [0.25, 0.3) is 22.0 Å². The van der Waals surface area contributed by atoms with Gasteiger partial charge >= 0.3 is 0 Å². The fraction of sp³-hybridized carbons (Fsp3) is 0.318. The first-order valence-corrected chi connectivity index (χ1v) is 9.99. The second-order valence-corrected chi connectivity index (χ2v) is 8.16. The highest BCUT2D eigenvalue weighted by Gasteiger charge is 2.58. The molecule has 4 nitrogen and oxygen atoms in total. The lowest BCUT2D eigenvalue weighted by Gasteiger charge is -2.37. The third-order valence-electron chi connectivity index (χ3n) is 5.58. The van der Waals surface area contributed by atoms with Gasteiger partial charge in [0.25, 0.3) is 11.8 Å². The summed E-state index contributed by atoms with van der Waals surface area (Å²) < 4.78 is 63.4. The molecule has 1 saturated heterocycles. The predicted octanol–water partition coefficient (Wildman–Crippen LogP) is 4.35. The second kappa shape index (κ2) is 7.89. The van der Waals surface area contributed by atoms with Gasteiger partial charge in [-0.25, -0.2) is 17.6 Å². The van der Waals surface area contributed by atoms with E-state index >= 15 is 0 Å². The highest BCUT2D eigenvalue weighted by Crippen LogP contribution is 2.43. The fourth-order valence-electron chi connectivity index (χ4n) is 3.95. The highest BCUT2D eigenvalue weighted by molar-refractivity contribution is 7.80. The molecule has 2 heterocycles. The first kappa shape index (κ1) is 21.7. The maximum Gasteiger partial charge on any atom is 0.281 e. The Hall–Kier alpha value is -2.49. The van der Waals surface area contributed by atoms with E-state index in [-0.39, 0.29) is 11.6 Å². The van der Waals surface area contributed by atoms with E-state index in [4.69, 9.17) is 18.0 Å². The molecule has 3 aromatic rings. The Morgan fingerprint density at radius 2 is 1.84 bits per heavy atom. The number of aliphatic hydroxyl groups is 1. The lowest BCUT2D eigenvalue weighted by atomic mass is 9.92. The van der Waals surface area contributed by atoms with Crippen LogP contribution >= 0.6 is 12.2 Å². The van der Waals surface area contributed by atoms with Crippen LogP contribution in [0.4, 0.5) is 17.6 Å². The number of alkyl halides is 4. The molecule has 0 unspecified atom stereocenters. The summed E-state index contributed by atoms with van der Waals surface area (Å²) in [6, 6.07) is 12.1. The molecule has 2 aromatic carbocycles. The molecule has 0 saturated carbocycles. The van der Waals surface area contributed by atoms with Crippen molar-refractivity contribution in [1.82, 2.24) is 4.57 Å². The number of fused-ring (bicyclic) bond motifs is 1. The zero-order valence-corrected chi connectivity index (χ0v) is 17.1. The summed E-state index contributed by atoms with van der Waals surface area (Å²) >= 11 is 5.03. The predicted molar refractivity (Wildman–Crippen MR) is 113 cm³/mol. The van der Waals surface area contributed by atoms with Crippen molar-refractivity contribution in [3.8, 4) is 11.1 Å². The summed E-state index contributed by atoms with van der Waals surface area (Å²) in [7, 11) is 0. The molecular weight excluding hydrogens is 432 g/mol. The van der Waals surface area contributed by atoms with E-state index in [2.05, 4.69) is 4.74 Å². The molecule has 1 aromatic heterocycles. The zero-order chi connectivity index (χ0) is 22.4. The third kappa shape index (κ3) is 4.05. The maximum absolute atomic E-state index is 14.4. The molecule has 0 amide bonds. The minimum absolute atomic E-state index is 0.203. The van der Waals surface area contributed by atoms with Crippen LogP contribution in [0.5, 0.6) is 0 Å². The van der Waals surface area contributed by atoms with E-state index in [0.717, 1.165) is 5.56 Å². The maximum atomic E-state index is 14.4. The van der Waals surface area contributed by atoms with Crippen molar-refractivity contribution in [3.63, 3.8) is 0 Å². The Morgan fingerprint density at radius 1 is 1.13 bits per heavy atom. The number of nitrogens with zero attached hydrogens (tertiary/aromatic N) is 1. The van der Waals surface area contributed by atoms with Crippen molar-refractivity contribution < 1.29 is 27.4 Å². The normalized spacial score (nSPS) is 18.4. The van der Waals surface area contributed by atoms with E-state index in [0.29, 0.717) is 27.6 Å². The van der Waals surface area contributed by atoms with E-state index in [9.17, 15) is 22.7 Å². The number of rotatable bonds is 5. The van der Waals surface area contributed by atoms with Crippen molar-refractivity contribution in [2.24, 2.45) is 11.7 Å². The first-order chi connectivity index (χ1) is 14.6. The van der Waals surface area contributed by atoms with E-state index in [1.54, 1.807) is 48.7 Å². The van der Waals surface area contributed by atoms with Gasteiger partial charge in [0.15, 0.2) is 0 Å². The lowest BCUT2D eigenvalue weighted by Crippen LogP contribution is -2.53. The monoisotopic (exact) mass is 452 g/mol. The average Bonchev–Trinajstić information content (AvgIpc) is 3.08. The topological polar surface area (TPSA) is 60.4 Å². The molecule has 9 heteroatoms. The SMILES string of the molecule is NC(=S)c1cccc(-c2cn(CC3C(F)(F)COCC3(F)F)c3cc(CO)ccc23)c1. The third-order valence-corrected chi connectivity index (χ3v) is 5.81. The largest absolute Gasteiger partial charge is 0.392 e. The van der Waals surface area contributed by atoms with Crippen molar-refractivity contribution >= 4 is 28.1 Å². The average molecular weight is 452 g/mol. The molecule has 0 atom stereocenters. The molecule has 0 aliphatic carbocycles. The number of hydrogen-bond acceptors (Lipinski definition) is 3. The summed E-state index contributed by atoms with van der Waals surface area (Å²) in [6.45, 7) is -2.96. The molecule has 0 radical (unpaired) electrons. The quantitative estimate of drug-likeness (QED) is 0.446. The zero-order valence-electron chi connectivity index (χ0n) is 16.3. The Kier molecular flexibility index (Phi) is 5.53. The number of halogens is 4. The number of nitrogens with two attached hydrogens (primary N) is 1. The van der Waals surface area contributed by atoms with Crippen LogP contribution in [0.2, 0.25) is 0 Å². The van der Waals surface area contributed by atoms with Crippen LogP contribution in [0.15, 0.2) is 48.7 Å². The molecule has 0 spiro atoms. The van der Waals surface area contributed by atoms with E-state index in [1.807, 2.05) is 0 Å². The van der Waals surface area contributed by atoms with Gasteiger partial charge < -0.3 is 20.1 Å². The van der Waals surface area contributed by atoms with Crippen LogP contribution in [0.1, 0.15) is 11.1 Å². The summed E-state index contributed by atoms with van der Waals surface area (Å²) in [5, 5.41) is 10.2. The molecule has 1 aliphatic heterocycles. The Bertz CT molecular complexity index is 1130. The molecule has 3 N–H and O–H groups in total. The molecule has 4 rings (SSSR count). The first-order valence-electron chi connectivity index (χ1n) is 9.58. The lowest BCUT2D eigenvalue weighted by molar-refractivity contribution is -0.262. The number of thiocarbonyl (C=S) groups is 1. The van der Waals surface area contributed by atoms with Crippen LogP contribution in [-0.2, 0) is 17.9 Å². The van der Waals surface area contributed by atoms with Gasteiger partial charge in [0.1, 0.15) is 24.1 Å². The number of benzene rings is 2. The smallest absolute Gasteiger partial charge is 0.281 e. The van der Waals surface area contributed by atoms with Crippen LogP contribution in [0.3, 0.4) is 0 Å². The van der Waals surface area contributed by atoms with Crippen LogP contribution in [0, 0.1) is 5.92 Å². The number of hydrogen-bond donors (Lipinski definition) is 2. The second-order valence-electron chi connectivity index (χ2n) is 7.72. The summed E-state index contributed by atoms with van der Waals surface area (Å²) in [5.74, 6) is -9.59. The number of ether oxygens (including phenoxy) is 1. The molecule has 0 bridgehead atoms. The standard InChI is InChI=1S/C22H20F4N2O2S/c23-21(24)11-30-12-22(25,26)19(21)9-28-8-17(14-2-1-3-15(7-14)20(27)31)16-5-4-13(10-29)6-18(16)28/h1-8,19,29H,9-12H2,(H2,27,31). The summed E-state index contributed by atoms with van der Waals surface area (Å²) in [4.78, 5) is 0.203. The van der Waals surface area contributed by atoms with Crippen molar-refractivity contribution in [2.75, 3.05) is 13.2 Å². The van der Waals surface area contributed by atoms with Gasteiger partial charge in [0.2, 0.25) is 0 Å². The number of aliphatic hydroxyl groups excluding tert-OH is 1. The van der Waals surface area contributed by atoms with Gasteiger partial charge in [0, 0.05) is 34.8 Å². The van der Waals surface area contributed by atoms with Crippen molar-refractivity contribution in [2.45, 2.75) is 25.0 Å². The fourth-order valence-corrected chi connectivity index (χ4v) is 4.08. The van der Waals surface area contributed by atoms with Crippen LogP contribution < -0.4 is 5.73 Å². The molecule has 1 aliphatic rings. The number of aromatic nitrogens is 1. The molecular formula is C22H20F4N2O2S. The van der Waals surface area contributed by atoms with Gasteiger partial charge in [-0.3, -0.25) is 0 Å². The van der Waals surface area contributed by atoms with Crippen molar-refractivity contribution in [1.29, 1.82) is 0 Å². The highest BCUT2D eigenvalue weighted by atomic mass is 32.1. The summed E-state index contributed by atoms with van der Waals surface area (Å²) in [5.41, 5.74) is 8.74. The molecule has 164 valence electrons. The molecule has 1 fully saturated rings. The van der Waals surface area contributed by atoms with E-state index in [1.165, 1.54) is 4.57 Å². The van der Waals surface area contributed by atoms with Gasteiger partial charge in [-0.05, 0) is 23.3 Å². The van der Waals surface area contributed by atoms with E-state index < -0.39 is 37.5 Å².